The zero-order valence-electron chi connectivity index (χ0n) is 18.3. The number of ether oxygens (including phenoxy) is 2. The third-order valence-corrected chi connectivity index (χ3v) is 5.80. The van der Waals surface area contributed by atoms with E-state index in [-0.39, 0.29) is 30.1 Å². The van der Waals surface area contributed by atoms with Gasteiger partial charge in [-0.3, -0.25) is 14.4 Å². The summed E-state index contributed by atoms with van der Waals surface area (Å²) in [6.07, 6.45) is 0.736. The van der Waals surface area contributed by atoms with E-state index in [0.717, 1.165) is 0 Å². The number of amides is 3. The minimum Gasteiger partial charge on any atom is -0.485 e. The number of rotatable bonds is 4. The van der Waals surface area contributed by atoms with Crippen LogP contribution >= 0.6 is 0 Å². The highest BCUT2D eigenvalue weighted by Gasteiger charge is 2.33. The summed E-state index contributed by atoms with van der Waals surface area (Å²) >= 11 is 0. The van der Waals surface area contributed by atoms with Gasteiger partial charge in [-0.05, 0) is 48.5 Å². The van der Waals surface area contributed by atoms with E-state index in [9.17, 15) is 14.4 Å². The number of furan rings is 1. The minimum atomic E-state index is -0.693. The van der Waals surface area contributed by atoms with Crippen molar-refractivity contribution in [2.45, 2.75) is 6.10 Å². The molecule has 1 atom stereocenters. The van der Waals surface area contributed by atoms with Gasteiger partial charge in [0.1, 0.15) is 6.61 Å². The number of carbonyl (C=O) groups is 3. The lowest BCUT2D eigenvalue weighted by molar-refractivity contribution is -0.142. The number of nitrogens with one attached hydrogen (secondary N) is 1. The second-order valence-electron chi connectivity index (χ2n) is 7.99. The Balaban J connectivity index is 1.14. The Morgan fingerprint density at radius 1 is 0.824 bits per heavy atom. The van der Waals surface area contributed by atoms with Gasteiger partial charge >= 0.3 is 0 Å². The van der Waals surface area contributed by atoms with Crippen LogP contribution in [-0.4, -0.2) is 66.4 Å². The maximum absolute atomic E-state index is 12.9. The topological polar surface area (TPSA) is 101 Å². The van der Waals surface area contributed by atoms with Crippen LogP contribution in [0.3, 0.4) is 0 Å². The predicted molar refractivity (Wildman–Crippen MR) is 122 cm³/mol. The Labute approximate surface area is 195 Å². The van der Waals surface area contributed by atoms with Gasteiger partial charge in [0.05, 0.1) is 6.26 Å². The third-order valence-electron chi connectivity index (χ3n) is 5.80. The van der Waals surface area contributed by atoms with Crippen molar-refractivity contribution in [2.24, 2.45) is 0 Å². The van der Waals surface area contributed by atoms with Crippen LogP contribution in [0.1, 0.15) is 20.9 Å². The molecule has 1 fully saturated rings. The van der Waals surface area contributed by atoms with E-state index in [1.807, 2.05) is 12.1 Å². The summed E-state index contributed by atoms with van der Waals surface area (Å²) in [7, 11) is 0. The average Bonchev–Trinajstić information content (AvgIpc) is 3.43. The summed E-state index contributed by atoms with van der Waals surface area (Å²) in [5, 5.41) is 2.72. The standard InChI is InChI=1S/C25H23N3O6/c29-23(21-6-3-15-32-21)26-18-9-7-17(8-10-18)24(30)27-11-13-28(14-12-27)25(31)22-16-33-19-4-1-2-5-20(19)34-22/h1-10,15,22H,11-14,16H2,(H,26,29). The lowest BCUT2D eigenvalue weighted by Crippen LogP contribution is -2.55. The maximum Gasteiger partial charge on any atom is 0.291 e. The van der Waals surface area contributed by atoms with Crippen LogP contribution < -0.4 is 14.8 Å². The van der Waals surface area contributed by atoms with Gasteiger partial charge in [0.15, 0.2) is 17.3 Å². The Morgan fingerprint density at radius 3 is 2.24 bits per heavy atom. The maximum atomic E-state index is 12.9. The molecule has 9 heteroatoms. The number of benzene rings is 2. The first-order valence-electron chi connectivity index (χ1n) is 11.0. The highest BCUT2D eigenvalue weighted by Crippen LogP contribution is 2.31. The van der Waals surface area contributed by atoms with Crippen LogP contribution in [0.15, 0.2) is 71.3 Å². The van der Waals surface area contributed by atoms with E-state index >= 15 is 0 Å². The Morgan fingerprint density at radius 2 is 1.53 bits per heavy atom. The molecule has 0 radical (unpaired) electrons. The normalized spacial score (nSPS) is 17.2. The summed E-state index contributed by atoms with van der Waals surface area (Å²) in [6, 6.07) is 17.2. The van der Waals surface area contributed by atoms with Crippen molar-refractivity contribution in [1.29, 1.82) is 0 Å². The van der Waals surface area contributed by atoms with E-state index in [2.05, 4.69) is 5.32 Å². The molecule has 0 aliphatic carbocycles. The molecule has 3 aromatic rings. The molecule has 1 unspecified atom stereocenters. The third kappa shape index (κ3) is 4.45. The quantitative estimate of drug-likeness (QED) is 0.641. The molecule has 1 aromatic heterocycles. The molecule has 0 saturated carbocycles. The van der Waals surface area contributed by atoms with Crippen molar-refractivity contribution in [1.82, 2.24) is 9.80 Å². The molecule has 0 bridgehead atoms. The van der Waals surface area contributed by atoms with E-state index < -0.39 is 6.10 Å². The van der Waals surface area contributed by atoms with E-state index in [1.54, 1.807) is 58.3 Å². The minimum absolute atomic E-state index is 0.123. The Kier molecular flexibility index (Phi) is 5.90. The van der Waals surface area contributed by atoms with E-state index in [1.165, 1.54) is 6.26 Å². The van der Waals surface area contributed by atoms with Crippen molar-refractivity contribution >= 4 is 23.4 Å². The summed E-state index contributed by atoms with van der Waals surface area (Å²) < 4.78 is 16.5. The van der Waals surface area contributed by atoms with Crippen LogP contribution in [-0.2, 0) is 4.79 Å². The smallest absolute Gasteiger partial charge is 0.291 e. The highest BCUT2D eigenvalue weighted by atomic mass is 16.6. The molecule has 2 aromatic carbocycles. The number of para-hydroxylation sites is 2. The zero-order chi connectivity index (χ0) is 23.5. The van der Waals surface area contributed by atoms with Gasteiger partial charge in [0, 0.05) is 37.4 Å². The summed E-state index contributed by atoms with van der Waals surface area (Å²) in [6.45, 7) is 1.85. The number of anilines is 1. The molecule has 2 aliphatic rings. The molecule has 3 heterocycles. The molecule has 34 heavy (non-hydrogen) atoms. The van der Waals surface area contributed by atoms with Crippen molar-refractivity contribution in [3.63, 3.8) is 0 Å². The second kappa shape index (κ2) is 9.30. The van der Waals surface area contributed by atoms with Crippen LogP contribution in [0.4, 0.5) is 5.69 Å². The molecule has 2 aliphatic heterocycles. The first-order valence-corrected chi connectivity index (χ1v) is 11.0. The highest BCUT2D eigenvalue weighted by molar-refractivity contribution is 6.02. The fraction of sp³-hybridized carbons (Fsp3) is 0.240. The Bertz CT molecular complexity index is 1180. The summed E-state index contributed by atoms with van der Waals surface area (Å²) in [4.78, 5) is 41.3. The number of fused-ring (bicyclic) bond motifs is 1. The van der Waals surface area contributed by atoms with Crippen LogP contribution in [0.5, 0.6) is 11.5 Å². The number of piperazine rings is 1. The van der Waals surface area contributed by atoms with Crippen LogP contribution in [0.25, 0.3) is 0 Å². The Hall–Kier alpha value is -4.27. The molecule has 9 nitrogen and oxygen atoms in total. The van der Waals surface area contributed by atoms with Gasteiger partial charge in [0.25, 0.3) is 17.7 Å². The fourth-order valence-electron chi connectivity index (χ4n) is 3.95. The first-order chi connectivity index (χ1) is 16.6. The first kappa shape index (κ1) is 21.6. The van der Waals surface area contributed by atoms with Crippen molar-refractivity contribution in [2.75, 3.05) is 38.1 Å². The van der Waals surface area contributed by atoms with Crippen LogP contribution in [0, 0.1) is 0 Å². The lowest BCUT2D eigenvalue weighted by Gasteiger charge is -2.37. The van der Waals surface area contributed by atoms with Crippen molar-refractivity contribution < 1.29 is 28.3 Å². The molecule has 174 valence electrons. The average molecular weight is 461 g/mol. The van der Waals surface area contributed by atoms with Gasteiger partial charge in [-0.1, -0.05) is 12.1 Å². The van der Waals surface area contributed by atoms with Gasteiger partial charge in [-0.25, -0.2) is 0 Å². The molecular weight excluding hydrogens is 438 g/mol. The van der Waals surface area contributed by atoms with Gasteiger partial charge in [-0.2, -0.15) is 0 Å². The molecule has 5 rings (SSSR count). The molecule has 3 amide bonds. The molecular formula is C25H23N3O6. The van der Waals surface area contributed by atoms with Crippen LogP contribution in [0.2, 0.25) is 0 Å². The van der Waals surface area contributed by atoms with Crippen molar-refractivity contribution in [3.05, 3.63) is 78.3 Å². The number of hydrogen-bond acceptors (Lipinski definition) is 6. The fourth-order valence-corrected chi connectivity index (χ4v) is 3.95. The SMILES string of the molecule is O=C(Nc1ccc(C(=O)N2CCN(C(=O)C3COc4ccccc4O3)CC2)cc1)c1ccco1. The van der Waals surface area contributed by atoms with Gasteiger partial charge < -0.3 is 29.0 Å². The summed E-state index contributed by atoms with van der Waals surface area (Å²) in [5.41, 5.74) is 1.07. The number of carbonyl (C=O) groups excluding carboxylic acids is 3. The largest absolute Gasteiger partial charge is 0.485 e. The lowest BCUT2D eigenvalue weighted by atomic mass is 10.1. The van der Waals surface area contributed by atoms with E-state index in [4.69, 9.17) is 13.9 Å². The van der Waals surface area contributed by atoms with Gasteiger partial charge in [0.2, 0.25) is 6.10 Å². The zero-order valence-corrected chi connectivity index (χ0v) is 18.3. The predicted octanol–water partition coefficient (Wildman–Crippen LogP) is 2.66. The second-order valence-corrected chi connectivity index (χ2v) is 7.99. The van der Waals surface area contributed by atoms with Crippen molar-refractivity contribution in [3.8, 4) is 11.5 Å². The summed E-state index contributed by atoms with van der Waals surface area (Å²) in [5.74, 6) is 0.779. The molecule has 1 saturated heterocycles. The van der Waals surface area contributed by atoms with E-state index in [0.29, 0.717) is 48.9 Å². The monoisotopic (exact) mass is 461 g/mol. The molecule has 0 spiro atoms. The number of nitrogens with zero attached hydrogens (tertiary/aromatic N) is 2. The number of hydrogen-bond donors (Lipinski definition) is 1. The molecule has 1 N–H and O–H groups in total. The van der Waals surface area contributed by atoms with Gasteiger partial charge in [-0.15, -0.1) is 0 Å².